The quantitative estimate of drug-likeness (QED) is 0.845. The average Bonchev–Trinajstić information content (AvgIpc) is 2.45. The van der Waals surface area contributed by atoms with Crippen LogP contribution in [-0.2, 0) is 4.79 Å². The minimum Gasteiger partial charge on any atom is -0.478 e. The van der Waals surface area contributed by atoms with Crippen molar-refractivity contribution in [3.63, 3.8) is 0 Å². The normalized spacial score (nSPS) is 19.9. The Morgan fingerprint density at radius 1 is 1.52 bits per heavy atom. The monoisotopic (exact) mass is 352 g/mol. The first kappa shape index (κ1) is 16.0. The summed E-state index contributed by atoms with van der Waals surface area (Å²) in [6.07, 6.45) is 5.19. The number of likely N-dealkylation sites (tertiary alicyclic amines) is 1. The second-order valence-electron chi connectivity index (χ2n) is 5.55. The van der Waals surface area contributed by atoms with Crippen molar-refractivity contribution >= 4 is 33.7 Å². The zero-order valence-corrected chi connectivity index (χ0v) is 14.0. The standard InChI is InChI=1S/C16H21BrN2O2/c1-18-9-3-4-14(11-18)19(2)13-7-5-12(15(17)10-13)6-8-16(20)21/h5-8,10,14H,3-4,9,11H2,1-2H3,(H,20,21)/b8-6+. The number of aliphatic carboxylic acids is 1. The Morgan fingerprint density at radius 3 is 2.90 bits per heavy atom. The van der Waals surface area contributed by atoms with Gasteiger partial charge in [0.25, 0.3) is 0 Å². The molecule has 0 saturated carbocycles. The van der Waals surface area contributed by atoms with Crippen molar-refractivity contribution in [2.24, 2.45) is 0 Å². The van der Waals surface area contributed by atoms with Gasteiger partial charge in [-0.05, 0) is 50.2 Å². The Labute approximate surface area is 134 Å². The first-order chi connectivity index (χ1) is 9.97. The van der Waals surface area contributed by atoms with E-state index in [2.05, 4.69) is 45.9 Å². The summed E-state index contributed by atoms with van der Waals surface area (Å²) in [5, 5.41) is 8.69. The smallest absolute Gasteiger partial charge is 0.328 e. The van der Waals surface area contributed by atoms with Gasteiger partial charge in [-0.3, -0.25) is 0 Å². The molecule has 1 saturated heterocycles. The first-order valence-corrected chi connectivity index (χ1v) is 7.88. The van der Waals surface area contributed by atoms with E-state index in [4.69, 9.17) is 5.11 Å². The van der Waals surface area contributed by atoms with Crippen LogP contribution in [0.3, 0.4) is 0 Å². The van der Waals surface area contributed by atoms with Crippen LogP contribution >= 0.6 is 15.9 Å². The van der Waals surface area contributed by atoms with E-state index in [0.717, 1.165) is 28.3 Å². The summed E-state index contributed by atoms with van der Waals surface area (Å²) in [6, 6.07) is 6.56. The molecule has 1 aliphatic rings. The average molecular weight is 353 g/mol. The SMILES string of the molecule is CN1CCCC(N(C)c2ccc(/C=C/C(=O)O)c(Br)c2)C1. The molecule has 114 valence electrons. The second kappa shape index (κ2) is 7.09. The molecule has 1 N–H and O–H groups in total. The number of anilines is 1. The lowest BCUT2D eigenvalue weighted by atomic mass is 10.0. The summed E-state index contributed by atoms with van der Waals surface area (Å²) in [5.41, 5.74) is 2.02. The maximum absolute atomic E-state index is 10.6. The highest BCUT2D eigenvalue weighted by molar-refractivity contribution is 9.10. The number of rotatable bonds is 4. The van der Waals surface area contributed by atoms with Crippen LogP contribution in [0.4, 0.5) is 5.69 Å². The summed E-state index contributed by atoms with van der Waals surface area (Å²) < 4.78 is 0.911. The van der Waals surface area contributed by atoms with E-state index < -0.39 is 5.97 Å². The van der Waals surface area contributed by atoms with Crippen LogP contribution in [0.25, 0.3) is 6.08 Å². The Hall–Kier alpha value is -1.33. The molecule has 0 radical (unpaired) electrons. The van der Waals surface area contributed by atoms with E-state index in [1.165, 1.54) is 19.4 Å². The molecule has 1 heterocycles. The molecule has 5 heteroatoms. The summed E-state index contributed by atoms with van der Waals surface area (Å²) in [5.74, 6) is -0.937. The molecule has 1 atom stereocenters. The van der Waals surface area contributed by atoms with E-state index >= 15 is 0 Å². The second-order valence-corrected chi connectivity index (χ2v) is 6.40. The highest BCUT2D eigenvalue weighted by Gasteiger charge is 2.21. The van der Waals surface area contributed by atoms with Gasteiger partial charge in [-0.2, -0.15) is 0 Å². The number of carbonyl (C=O) groups is 1. The van der Waals surface area contributed by atoms with Crippen LogP contribution in [-0.4, -0.2) is 49.2 Å². The number of halogens is 1. The molecule has 2 rings (SSSR count). The Morgan fingerprint density at radius 2 is 2.29 bits per heavy atom. The van der Waals surface area contributed by atoms with Crippen molar-refractivity contribution in [1.82, 2.24) is 4.90 Å². The van der Waals surface area contributed by atoms with Crippen molar-refractivity contribution < 1.29 is 9.90 Å². The van der Waals surface area contributed by atoms with Gasteiger partial charge in [-0.15, -0.1) is 0 Å². The summed E-state index contributed by atoms with van der Waals surface area (Å²) in [6.45, 7) is 2.25. The minimum absolute atomic E-state index is 0.524. The molecule has 1 aromatic carbocycles. The fourth-order valence-electron chi connectivity index (χ4n) is 2.70. The maximum atomic E-state index is 10.6. The molecule has 0 aromatic heterocycles. The summed E-state index contributed by atoms with van der Waals surface area (Å²) in [7, 11) is 4.29. The number of carboxylic acid groups (broad SMARTS) is 1. The third-order valence-corrected chi connectivity index (χ3v) is 4.63. The number of hydrogen-bond donors (Lipinski definition) is 1. The molecule has 1 unspecified atom stereocenters. The number of likely N-dealkylation sites (N-methyl/N-ethyl adjacent to an activating group) is 2. The molecule has 0 aliphatic carbocycles. The van der Waals surface area contributed by atoms with Gasteiger partial charge in [0.15, 0.2) is 0 Å². The molecule has 1 aromatic rings. The van der Waals surface area contributed by atoms with E-state index in [-0.39, 0.29) is 0 Å². The van der Waals surface area contributed by atoms with E-state index in [0.29, 0.717) is 6.04 Å². The number of carboxylic acids is 1. The highest BCUT2D eigenvalue weighted by atomic mass is 79.9. The Kier molecular flexibility index (Phi) is 5.42. The molecule has 0 amide bonds. The van der Waals surface area contributed by atoms with Gasteiger partial charge >= 0.3 is 5.97 Å². The number of hydrogen-bond acceptors (Lipinski definition) is 3. The largest absolute Gasteiger partial charge is 0.478 e. The zero-order chi connectivity index (χ0) is 15.4. The minimum atomic E-state index is -0.937. The predicted octanol–water partition coefficient (Wildman–Crippen LogP) is 3.08. The molecular weight excluding hydrogens is 332 g/mol. The van der Waals surface area contributed by atoms with Crippen molar-refractivity contribution in [3.05, 3.63) is 34.3 Å². The lowest BCUT2D eigenvalue weighted by Crippen LogP contribution is -2.45. The van der Waals surface area contributed by atoms with Gasteiger partial charge in [-0.25, -0.2) is 4.79 Å². The van der Waals surface area contributed by atoms with Crippen molar-refractivity contribution in [2.75, 3.05) is 32.1 Å². The van der Waals surface area contributed by atoms with Gasteiger partial charge in [0, 0.05) is 35.9 Å². The number of nitrogens with zero attached hydrogens (tertiary/aromatic N) is 2. The van der Waals surface area contributed by atoms with Gasteiger partial charge in [0.2, 0.25) is 0 Å². The molecule has 1 aliphatic heterocycles. The summed E-state index contributed by atoms with van der Waals surface area (Å²) in [4.78, 5) is 15.3. The third-order valence-electron chi connectivity index (χ3n) is 3.94. The van der Waals surface area contributed by atoms with E-state index in [9.17, 15) is 4.79 Å². The lowest BCUT2D eigenvalue weighted by Gasteiger charge is -2.37. The van der Waals surface area contributed by atoms with Crippen LogP contribution in [0.1, 0.15) is 18.4 Å². The highest BCUT2D eigenvalue weighted by Crippen LogP contribution is 2.27. The predicted molar refractivity (Wildman–Crippen MR) is 89.7 cm³/mol. The van der Waals surface area contributed by atoms with E-state index in [1.54, 1.807) is 6.08 Å². The van der Waals surface area contributed by atoms with Crippen LogP contribution in [0, 0.1) is 0 Å². The van der Waals surface area contributed by atoms with Crippen molar-refractivity contribution in [1.29, 1.82) is 0 Å². The van der Waals surface area contributed by atoms with E-state index in [1.807, 2.05) is 12.1 Å². The van der Waals surface area contributed by atoms with Gasteiger partial charge in [-0.1, -0.05) is 22.0 Å². The Balaban J connectivity index is 2.13. The molecule has 0 spiro atoms. The summed E-state index contributed by atoms with van der Waals surface area (Å²) >= 11 is 3.52. The number of benzene rings is 1. The Bertz CT molecular complexity index is 545. The molecule has 1 fully saturated rings. The lowest BCUT2D eigenvalue weighted by molar-refractivity contribution is -0.131. The number of piperidine rings is 1. The fraction of sp³-hybridized carbons (Fsp3) is 0.438. The molecular formula is C16H21BrN2O2. The third kappa shape index (κ3) is 4.32. The molecule has 0 bridgehead atoms. The maximum Gasteiger partial charge on any atom is 0.328 e. The molecule has 4 nitrogen and oxygen atoms in total. The first-order valence-electron chi connectivity index (χ1n) is 7.09. The topological polar surface area (TPSA) is 43.8 Å². The van der Waals surface area contributed by atoms with Crippen LogP contribution in [0.15, 0.2) is 28.7 Å². The van der Waals surface area contributed by atoms with Gasteiger partial charge < -0.3 is 14.9 Å². The fourth-order valence-corrected chi connectivity index (χ4v) is 3.20. The van der Waals surface area contributed by atoms with Crippen molar-refractivity contribution in [2.45, 2.75) is 18.9 Å². The van der Waals surface area contributed by atoms with Crippen LogP contribution in [0.2, 0.25) is 0 Å². The van der Waals surface area contributed by atoms with Gasteiger partial charge in [0.05, 0.1) is 0 Å². The van der Waals surface area contributed by atoms with Gasteiger partial charge in [0.1, 0.15) is 0 Å². The zero-order valence-electron chi connectivity index (χ0n) is 12.4. The van der Waals surface area contributed by atoms with Crippen LogP contribution < -0.4 is 4.90 Å². The van der Waals surface area contributed by atoms with Crippen molar-refractivity contribution in [3.8, 4) is 0 Å². The molecule has 21 heavy (non-hydrogen) atoms. The van der Waals surface area contributed by atoms with Crippen LogP contribution in [0.5, 0.6) is 0 Å².